The zero-order valence-corrected chi connectivity index (χ0v) is 10.2. The van der Waals surface area contributed by atoms with E-state index in [0.29, 0.717) is 24.1 Å². The lowest BCUT2D eigenvalue weighted by molar-refractivity contribution is 0.0509. The third-order valence-electron chi connectivity index (χ3n) is 2.47. The van der Waals surface area contributed by atoms with Gasteiger partial charge in [-0.05, 0) is 25.1 Å². The monoisotopic (exact) mass is 242 g/mol. The van der Waals surface area contributed by atoms with Gasteiger partial charge in [-0.2, -0.15) is 0 Å². The predicted octanol–water partition coefficient (Wildman–Crippen LogP) is 2.75. The fourth-order valence-corrected chi connectivity index (χ4v) is 1.49. The molecule has 0 atom stereocenters. The standard InChI is InChI=1S/C14H14N2O2/c1-10(2)5-8-18-14(17)11-3-4-12-13(9-11)16-7-6-15-12/h3-4,6-7,9H,1,5,8H2,2H3. The van der Waals surface area contributed by atoms with E-state index in [1.54, 1.807) is 30.6 Å². The maximum absolute atomic E-state index is 11.8. The summed E-state index contributed by atoms with van der Waals surface area (Å²) in [5, 5.41) is 0. The minimum absolute atomic E-state index is 0.344. The zero-order valence-electron chi connectivity index (χ0n) is 10.2. The van der Waals surface area contributed by atoms with Crippen LogP contribution < -0.4 is 0 Å². The highest BCUT2D eigenvalue weighted by atomic mass is 16.5. The molecule has 1 aromatic heterocycles. The van der Waals surface area contributed by atoms with E-state index in [0.717, 1.165) is 11.1 Å². The summed E-state index contributed by atoms with van der Waals surface area (Å²) in [5.41, 5.74) is 2.93. The van der Waals surface area contributed by atoms with Crippen LogP contribution in [-0.4, -0.2) is 22.5 Å². The Balaban J connectivity index is 2.10. The maximum Gasteiger partial charge on any atom is 0.338 e. The van der Waals surface area contributed by atoms with Crippen molar-refractivity contribution in [3.05, 3.63) is 48.3 Å². The summed E-state index contributed by atoms with van der Waals surface area (Å²) < 4.78 is 5.14. The first-order valence-electron chi connectivity index (χ1n) is 5.69. The summed E-state index contributed by atoms with van der Waals surface area (Å²) >= 11 is 0. The van der Waals surface area contributed by atoms with Crippen LogP contribution in [0.4, 0.5) is 0 Å². The van der Waals surface area contributed by atoms with Crippen molar-refractivity contribution in [1.29, 1.82) is 0 Å². The van der Waals surface area contributed by atoms with Crippen LogP contribution in [0.25, 0.3) is 11.0 Å². The molecule has 4 heteroatoms. The van der Waals surface area contributed by atoms with Crippen molar-refractivity contribution in [1.82, 2.24) is 9.97 Å². The summed E-state index contributed by atoms with van der Waals surface area (Å²) in [5.74, 6) is -0.344. The van der Waals surface area contributed by atoms with E-state index in [4.69, 9.17) is 4.74 Å². The van der Waals surface area contributed by atoms with Gasteiger partial charge in [0.15, 0.2) is 0 Å². The molecule has 0 spiro atoms. The van der Waals surface area contributed by atoms with Gasteiger partial charge in [-0.1, -0.05) is 5.57 Å². The summed E-state index contributed by atoms with van der Waals surface area (Å²) in [6.45, 7) is 6.01. The van der Waals surface area contributed by atoms with Gasteiger partial charge in [-0.3, -0.25) is 9.97 Å². The number of benzene rings is 1. The second kappa shape index (κ2) is 5.40. The van der Waals surface area contributed by atoms with Crippen LogP contribution >= 0.6 is 0 Å². The van der Waals surface area contributed by atoms with E-state index in [1.165, 1.54) is 0 Å². The molecular formula is C14H14N2O2. The van der Waals surface area contributed by atoms with Gasteiger partial charge >= 0.3 is 5.97 Å². The van der Waals surface area contributed by atoms with Crippen molar-refractivity contribution >= 4 is 17.0 Å². The summed E-state index contributed by atoms with van der Waals surface area (Å²) in [4.78, 5) is 20.1. The molecule has 0 fully saturated rings. The molecule has 92 valence electrons. The molecular weight excluding hydrogens is 228 g/mol. The van der Waals surface area contributed by atoms with Crippen LogP contribution in [0.2, 0.25) is 0 Å². The molecule has 18 heavy (non-hydrogen) atoms. The normalized spacial score (nSPS) is 10.3. The van der Waals surface area contributed by atoms with Crippen LogP contribution in [0, 0.1) is 0 Å². The number of esters is 1. The first-order valence-corrected chi connectivity index (χ1v) is 5.69. The summed E-state index contributed by atoms with van der Waals surface area (Å²) in [6, 6.07) is 5.14. The van der Waals surface area contributed by atoms with Gasteiger partial charge in [-0.15, -0.1) is 6.58 Å². The molecule has 0 aliphatic rings. The fourth-order valence-electron chi connectivity index (χ4n) is 1.49. The first-order chi connectivity index (χ1) is 8.66. The Hall–Kier alpha value is -2.23. The second-order valence-corrected chi connectivity index (χ2v) is 4.10. The lowest BCUT2D eigenvalue weighted by atomic mass is 10.2. The highest BCUT2D eigenvalue weighted by Crippen LogP contribution is 2.12. The third-order valence-corrected chi connectivity index (χ3v) is 2.47. The first kappa shape index (κ1) is 12.2. The van der Waals surface area contributed by atoms with Crippen molar-refractivity contribution < 1.29 is 9.53 Å². The molecule has 0 aliphatic heterocycles. The molecule has 0 bridgehead atoms. The highest BCUT2D eigenvalue weighted by molar-refractivity contribution is 5.93. The lowest BCUT2D eigenvalue weighted by Gasteiger charge is -2.05. The van der Waals surface area contributed by atoms with Gasteiger partial charge in [0.05, 0.1) is 23.2 Å². The van der Waals surface area contributed by atoms with Gasteiger partial charge in [0, 0.05) is 18.8 Å². The van der Waals surface area contributed by atoms with E-state index in [9.17, 15) is 4.79 Å². The third kappa shape index (κ3) is 2.91. The van der Waals surface area contributed by atoms with Crippen molar-refractivity contribution in [3.63, 3.8) is 0 Å². The number of rotatable bonds is 4. The molecule has 4 nitrogen and oxygen atoms in total. The van der Waals surface area contributed by atoms with Gasteiger partial charge in [-0.25, -0.2) is 4.79 Å². The van der Waals surface area contributed by atoms with Crippen molar-refractivity contribution in [2.24, 2.45) is 0 Å². The average molecular weight is 242 g/mol. The largest absolute Gasteiger partial charge is 0.462 e. The number of carbonyl (C=O) groups is 1. The molecule has 2 rings (SSSR count). The van der Waals surface area contributed by atoms with E-state index >= 15 is 0 Å². The quantitative estimate of drug-likeness (QED) is 0.611. The average Bonchev–Trinajstić information content (AvgIpc) is 2.37. The van der Waals surface area contributed by atoms with Gasteiger partial charge in [0.1, 0.15) is 0 Å². The number of nitrogens with zero attached hydrogens (tertiary/aromatic N) is 2. The van der Waals surface area contributed by atoms with Crippen LogP contribution in [0.1, 0.15) is 23.7 Å². The molecule has 0 saturated heterocycles. The number of hydrogen-bond acceptors (Lipinski definition) is 4. The number of ether oxygens (including phenoxy) is 1. The number of aromatic nitrogens is 2. The molecule has 0 aliphatic carbocycles. The smallest absolute Gasteiger partial charge is 0.338 e. The van der Waals surface area contributed by atoms with E-state index < -0.39 is 0 Å². The van der Waals surface area contributed by atoms with Crippen molar-refractivity contribution in [3.8, 4) is 0 Å². The Kier molecular flexibility index (Phi) is 3.67. The molecule has 0 saturated carbocycles. The van der Waals surface area contributed by atoms with Gasteiger partial charge in [0.2, 0.25) is 0 Å². The van der Waals surface area contributed by atoms with Crippen LogP contribution in [0.15, 0.2) is 42.7 Å². The molecule has 0 radical (unpaired) electrons. The van der Waals surface area contributed by atoms with Gasteiger partial charge < -0.3 is 4.74 Å². The van der Waals surface area contributed by atoms with Crippen LogP contribution in [0.3, 0.4) is 0 Å². The SMILES string of the molecule is C=C(C)CCOC(=O)c1ccc2nccnc2c1. The summed E-state index contributed by atoms with van der Waals surface area (Å²) in [6.07, 6.45) is 3.89. The fraction of sp³-hybridized carbons (Fsp3) is 0.214. The Morgan fingerprint density at radius 3 is 2.72 bits per heavy atom. The van der Waals surface area contributed by atoms with E-state index in [1.807, 2.05) is 6.92 Å². The number of hydrogen-bond donors (Lipinski definition) is 0. The molecule has 1 aromatic carbocycles. The number of carbonyl (C=O) groups excluding carboxylic acids is 1. The summed E-state index contributed by atoms with van der Waals surface area (Å²) in [7, 11) is 0. The van der Waals surface area contributed by atoms with Crippen molar-refractivity contribution in [2.45, 2.75) is 13.3 Å². The highest BCUT2D eigenvalue weighted by Gasteiger charge is 2.08. The minimum atomic E-state index is -0.344. The van der Waals surface area contributed by atoms with Crippen LogP contribution in [0.5, 0.6) is 0 Å². The molecule has 2 aromatic rings. The molecule has 1 heterocycles. The van der Waals surface area contributed by atoms with E-state index in [2.05, 4.69) is 16.5 Å². The molecule has 0 N–H and O–H groups in total. The minimum Gasteiger partial charge on any atom is -0.462 e. The number of fused-ring (bicyclic) bond motifs is 1. The Labute approximate surface area is 105 Å². The Morgan fingerprint density at radius 1 is 1.28 bits per heavy atom. The van der Waals surface area contributed by atoms with Gasteiger partial charge in [0.25, 0.3) is 0 Å². The van der Waals surface area contributed by atoms with E-state index in [-0.39, 0.29) is 5.97 Å². The molecule has 0 amide bonds. The van der Waals surface area contributed by atoms with Crippen molar-refractivity contribution in [2.75, 3.05) is 6.61 Å². The second-order valence-electron chi connectivity index (χ2n) is 4.10. The topological polar surface area (TPSA) is 52.1 Å². The lowest BCUT2D eigenvalue weighted by Crippen LogP contribution is -2.06. The van der Waals surface area contributed by atoms with Crippen LogP contribution in [-0.2, 0) is 4.74 Å². The maximum atomic E-state index is 11.8. The Bertz CT molecular complexity index is 593. The molecule has 0 unspecified atom stereocenters. The zero-order chi connectivity index (χ0) is 13.0. The Morgan fingerprint density at radius 2 is 2.00 bits per heavy atom. The predicted molar refractivity (Wildman–Crippen MR) is 69.3 cm³/mol.